The summed E-state index contributed by atoms with van der Waals surface area (Å²) in [6.45, 7) is 2.74. The molecule has 0 aromatic carbocycles. The first kappa shape index (κ1) is 11.8. The van der Waals surface area contributed by atoms with Gasteiger partial charge in [0.15, 0.2) is 0 Å². The van der Waals surface area contributed by atoms with E-state index < -0.39 is 0 Å². The lowest BCUT2D eigenvalue weighted by atomic mass is 10.1. The molecule has 1 atom stereocenters. The van der Waals surface area contributed by atoms with Gasteiger partial charge in [0.1, 0.15) is 5.69 Å². The van der Waals surface area contributed by atoms with Crippen LogP contribution in [0.15, 0.2) is 18.6 Å². The van der Waals surface area contributed by atoms with Gasteiger partial charge in [-0.3, -0.25) is 9.36 Å². The van der Waals surface area contributed by atoms with Crippen LogP contribution in [0.25, 0.3) is 0 Å². The summed E-state index contributed by atoms with van der Waals surface area (Å²) < 4.78 is 3.55. The smallest absolute Gasteiger partial charge is 0.104 e. The molecule has 2 aromatic heterocycles. The summed E-state index contributed by atoms with van der Waals surface area (Å²) in [5.74, 6) is 0. The Morgan fingerprint density at radius 3 is 2.88 bits per heavy atom. The second kappa shape index (κ2) is 5.09. The van der Waals surface area contributed by atoms with Crippen LogP contribution in [0.3, 0.4) is 0 Å². The van der Waals surface area contributed by atoms with Crippen LogP contribution < -0.4 is 5.73 Å². The Bertz CT molecular complexity index is 472. The molecule has 17 heavy (non-hydrogen) atoms. The number of aryl methyl sites for hydroxylation is 1. The highest BCUT2D eigenvalue weighted by atomic mass is 15.4. The summed E-state index contributed by atoms with van der Waals surface area (Å²) >= 11 is 0. The van der Waals surface area contributed by atoms with Gasteiger partial charge in [0.2, 0.25) is 0 Å². The van der Waals surface area contributed by atoms with Crippen molar-refractivity contribution in [2.75, 3.05) is 0 Å². The van der Waals surface area contributed by atoms with E-state index >= 15 is 0 Å². The van der Waals surface area contributed by atoms with Crippen LogP contribution in [0.5, 0.6) is 0 Å². The number of nitrogens with two attached hydrogens (primary N) is 1. The summed E-state index contributed by atoms with van der Waals surface area (Å²) in [5, 5.41) is 12.2. The predicted molar refractivity (Wildman–Crippen MR) is 64.3 cm³/mol. The van der Waals surface area contributed by atoms with Gasteiger partial charge in [0.25, 0.3) is 0 Å². The van der Waals surface area contributed by atoms with E-state index in [0.717, 1.165) is 18.5 Å². The van der Waals surface area contributed by atoms with Crippen LogP contribution in [0.4, 0.5) is 0 Å². The van der Waals surface area contributed by atoms with Crippen molar-refractivity contribution in [1.29, 1.82) is 0 Å². The van der Waals surface area contributed by atoms with Gasteiger partial charge < -0.3 is 5.73 Å². The minimum absolute atomic E-state index is 0.212. The zero-order valence-corrected chi connectivity index (χ0v) is 10.2. The Labute approximate surface area is 100 Å². The molecule has 6 nitrogen and oxygen atoms in total. The van der Waals surface area contributed by atoms with Crippen LogP contribution in [0.2, 0.25) is 0 Å². The summed E-state index contributed by atoms with van der Waals surface area (Å²) in [6, 6.07) is 0.212. The quantitative estimate of drug-likeness (QED) is 0.809. The predicted octanol–water partition coefficient (Wildman–Crippen LogP) is 0.340. The number of hydrogen-bond donors (Lipinski definition) is 1. The van der Waals surface area contributed by atoms with Crippen molar-refractivity contribution in [2.45, 2.75) is 32.4 Å². The highest BCUT2D eigenvalue weighted by Crippen LogP contribution is 2.05. The zero-order valence-electron chi connectivity index (χ0n) is 10.2. The van der Waals surface area contributed by atoms with E-state index in [9.17, 15) is 0 Å². The standard InChI is InChI=1S/C11H18N6/c1-3-10(12)4-9-5-13-17(6-9)8-11-7-16(2)15-14-11/h5-7,10H,3-4,8,12H2,1-2H3. The third-order valence-corrected chi connectivity index (χ3v) is 2.68. The van der Waals surface area contributed by atoms with Gasteiger partial charge in [-0.1, -0.05) is 12.1 Å². The van der Waals surface area contributed by atoms with E-state index in [1.807, 2.05) is 30.3 Å². The van der Waals surface area contributed by atoms with Gasteiger partial charge in [-0.05, 0) is 18.4 Å². The Morgan fingerprint density at radius 2 is 2.24 bits per heavy atom. The number of hydrogen-bond acceptors (Lipinski definition) is 4. The number of aromatic nitrogens is 5. The first-order chi connectivity index (χ1) is 8.17. The number of nitrogens with zero attached hydrogens (tertiary/aromatic N) is 5. The van der Waals surface area contributed by atoms with Crippen LogP contribution >= 0.6 is 0 Å². The van der Waals surface area contributed by atoms with Gasteiger partial charge in [0, 0.05) is 25.5 Å². The topological polar surface area (TPSA) is 74.5 Å². The molecule has 92 valence electrons. The summed E-state index contributed by atoms with van der Waals surface area (Å²) in [5.41, 5.74) is 7.98. The molecule has 0 saturated carbocycles. The maximum absolute atomic E-state index is 5.91. The average Bonchev–Trinajstić information content (AvgIpc) is 2.89. The Hall–Kier alpha value is -1.69. The van der Waals surface area contributed by atoms with Crippen molar-refractivity contribution in [3.8, 4) is 0 Å². The molecule has 0 saturated heterocycles. The fourth-order valence-electron chi connectivity index (χ4n) is 1.68. The molecule has 6 heteroatoms. The molecular weight excluding hydrogens is 216 g/mol. The van der Waals surface area contributed by atoms with E-state index in [2.05, 4.69) is 22.3 Å². The Kier molecular flexibility index (Phi) is 3.53. The second-order valence-corrected chi connectivity index (χ2v) is 4.30. The SMILES string of the molecule is CCC(N)Cc1cnn(Cc2cn(C)nn2)c1. The molecule has 2 N–H and O–H groups in total. The molecule has 0 aliphatic rings. The van der Waals surface area contributed by atoms with Gasteiger partial charge in [0.05, 0.1) is 12.7 Å². The Morgan fingerprint density at radius 1 is 1.41 bits per heavy atom. The molecule has 0 radical (unpaired) electrons. The molecule has 0 bridgehead atoms. The first-order valence-electron chi connectivity index (χ1n) is 5.79. The lowest BCUT2D eigenvalue weighted by Gasteiger charge is -2.04. The van der Waals surface area contributed by atoms with E-state index in [1.165, 1.54) is 5.56 Å². The molecule has 2 aromatic rings. The summed E-state index contributed by atoms with van der Waals surface area (Å²) in [6.07, 6.45) is 7.63. The van der Waals surface area contributed by atoms with Crippen LogP contribution in [-0.4, -0.2) is 30.8 Å². The highest BCUT2D eigenvalue weighted by molar-refractivity contribution is 5.07. The van der Waals surface area contributed by atoms with Gasteiger partial charge in [-0.25, -0.2) is 0 Å². The van der Waals surface area contributed by atoms with Gasteiger partial charge in [-0.2, -0.15) is 5.10 Å². The number of rotatable bonds is 5. The molecule has 0 amide bonds. The molecule has 0 aliphatic carbocycles. The lowest BCUT2D eigenvalue weighted by molar-refractivity contribution is 0.642. The largest absolute Gasteiger partial charge is 0.327 e. The molecular formula is C11H18N6. The van der Waals surface area contributed by atoms with Crippen molar-refractivity contribution in [3.63, 3.8) is 0 Å². The molecule has 0 spiro atoms. The van der Waals surface area contributed by atoms with E-state index in [4.69, 9.17) is 5.73 Å². The monoisotopic (exact) mass is 234 g/mol. The molecule has 0 aliphatic heterocycles. The van der Waals surface area contributed by atoms with E-state index in [-0.39, 0.29) is 6.04 Å². The van der Waals surface area contributed by atoms with Crippen molar-refractivity contribution in [2.24, 2.45) is 12.8 Å². The van der Waals surface area contributed by atoms with Crippen molar-refractivity contribution in [3.05, 3.63) is 29.8 Å². The fraction of sp³-hybridized carbons (Fsp3) is 0.545. The van der Waals surface area contributed by atoms with Gasteiger partial charge in [-0.15, -0.1) is 5.10 Å². The summed E-state index contributed by atoms with van der Waals surface area (Å²) in [7, 11) is 1.85. The maximum Gasteiger partial charge on any atom is 0.104 e. The van der Waals surface area contributed by atoms with E-state index in [1.54, 1.807) is 4.68 Å². The van der Waals surface area contributed by atoms with E-state index in [0.29, 0.717) is 6.54 Å². The third kappa shape index (κ3) is 3.13. The maximum atomic E-state index is 5.91. The van der Waals surface area contributed by atoms with Crippen LogP contribution in [0.1, 0.15) is 24.6 Å². The van der Waals surface area contributed by atoms with Crippen molar-refractivity contribution < 1.29 is 0 Å². The normalized spacial score (nSPS) is 12.9. The highest BCUT2D eigenvalue weighted by Gasteiger charge is 2.05. The second-order valence-electron chi connectivity index (χ2n) is 4.30. The van der Waals surface area contributed by atoms with Crippen molar-refractivity contribution in [1.82, 2.24) is 24.8 Å². The fourth-order valence-corrected chi connectivity index (χ4v) is 1.68. The first-order valence-corrected chi connectivity index (χ1v) is 5.79. The molecule has 2 rings (SSSR count). The van der Waals surface area contributed by atoms with Gasteiger partial charge >= 0.3 is 0 Å². The third-order valence-electron chi connectivity index (χ3n) is 2.68. The zero-order chi connectivity index (χ0) is 12.3. The molecule has 2 heterocycles. The average molecular weight is 234 g/mol. The van der Waals surface area contributed by atoms with Crippen LogP contribution in [-0.2, 0) is 20.0 Å². The summed E-state index contributed by atoms with van der Waals surface area (Å²) in [4.78, 5) is 0. The Balaban J connectivity index is 1.98. The van der Waals surface area contributed by atoms with Crippen LogP contribution in [0, 0.1) is 0 Å². The minimum Gasteiger partial charge on any atom is -0.327 e. The molecule has 1 unspecified atom stereocenters. The van der Waals surface area contributed by atoms with Crippen molar-refractivity contribution >= 4 is 0 Å². The molecule has 0 fully saturated rings. The lowest BCUT2D eigenvalue weighted by Crippen LogP contribution is -2.21. The minimum atomic E-state index is 0.212.